The van der Waals surface area contributed by atoms with Gasteiger partial charge in [-0.05, 0) is 5.25 Å². The molecule has 40 heavy (non-hydrogen) atoms. The third kappa shape index (κ3) is 16.8. The first-order chi connectivity index (χ1) is 18.7. The van der Waals surface area contributed by atoms with E-state index < -0.39 is 5.54 Å². The molecule has 0 radical (unpaired) electrons. The van der Waals surface area contributed by atoms with Crippen molar-refractivity contribution in [1.29, 1.82) is 0 Å². The number of Topliss-reactive ketones (excluding diaryl/α,β-unsaturated/α-hetero) is 3. The third-order valence-electron chi connectivity index (χ3n) is 6.51. The van der Waals surface area contributed by atoms with E-state index in [1.807, 2.05) is 41.5 Å². The maximum Gasteiger partial charge on any atom is 0.249 e. The first kappa shape index (κ1) is 38.7. The Hall–Kier alpha value is -1.33. The van der Waals surface area contributed by atoms with Gasteiger partial charge in [0.05, 0.1) is 46.2 Å². The largest absolute Gasteiger partial charge is 0.378 e. The van der Waals surface area contributed by atoms with Crippen LogP contribution in [0.15, 0.2) is 0 Å². The van der Waals surface area contributed by atoms with Gasteiger partial charge in [0.25, 0.3) is 0 Å². The van der Waals surface area contributed by atoms with E-state index in [0.717, 1.165) is 5.75 Å². The molecule has 0 saturated heterocycles. The Morgan fingerprint density at radius 1 is 0.625 bits per heavy atom. The number of amides is 1. The van der Waals surface area contributed by atoms with E-state index in [2.05, 4.69) is 13.8 Å². The normalized spacial score (nSPS) is 12.1. The fourth-order valence-electron chi connectivity index (χ4n) is 3.45. The summed E-state index contributed by atoms with van der Waals surface area (Å²) in [7, 11) is 1.66. The van der Waals surface area contributed by atoms with Crippen LogP contribution < -0.4 is 0 Å². The maximum atomic E-state index is 13.2. The first-order valence-corrected chi connectivity index (χ1v) is 15.6. The second-order valence-electron chi connectivity index (χ2n) is 11.4. The molecule has 9 nitrogen and oxygen atoms in total. The minimum Gasteiger partial charge on any atom is -0.378 e. The van der Waals surface area contributed by atoms with Gasteiger partial charge in [0.15, 0.2) is 0 Å². The van der Waals surface area contributed by atoms with Gasteiger partial charge in [0.2, 0.25) is 5.91 Å². The molecule has 0 aromatic carbocycles. The lowest BCUT2D eigenvalue weighted by Crippen LogP contribution is -2.60. The van der Waals surface area contributed by atoms with Gasteiger partial charge in [-0.15, -0.1) is 0 Å². The van der Waals surface area contributed by atoms with Crippen LogP contribution in [0.4, 0.5) is 0 Å². The number of ether oxygens (including phenoxy) is 4. The van der Waals surface area contributed by atoms with E-state index in [0.29, 0.717) is 11.9 Å². The average molecular weight is 590 g/mol. The maximum absolute atomic E-state index is 13.2. The Balaban J connectivity index is 5.61. The quantitative estimate of drug-likeness (QED) is 0.145. The van der Waals surface area contributed by atoms with Crippen molar-refractivity contribution < 1.29 is 38.1 Å². The molecule has 0 atom stereocenters. The lowest BCUT2D eigenvalue weighted by Gasteiger charge is -2.41. The fourth-order valence-corrected chi connectivity index (χ4v) is 4.14. The van der Waals surface area contributed by atoms with Crippen molar-refractivity contribution in [2.75, 3.05) is 65.7 Å². The highest BCUT2D eigenvalue weighted by Gasteiger charge is 2.39. The molecule has 0 unspecified atom stereocenters. The molecule has 0 spiro atoms. The van der Waals surface area contributed by atoms with Crippen LogP contribution in [-0.2, 0) is 38.1 Å². The summed E-state index contributed by atoms with van der Waals surface area (Å²) in [5.41, 5.74) is -1.05. The number of carbonyl (C=O) groups excluding carboxylic acids is 4. The molecule has 0 rings (SSSR count). The molecular weight excluding hydrogens is 534 g/mol. The van der Waals surface area contributed by atoms with Gasteiger partial charge in [0, 0.05) is 49.8 Å². The Morgan fingerprint density at radius 2 is 1.00 bits per heavy atom. The molecule has 10 heteroatoms. The van der Waals surface area contributed by atoms with Gasteiger partial charge < -0.3 is 23.8 Å². The molecular formula is C30H55NO8S. The van der Waals surface area contributed by atoms with Gasteiger partial charge in [-0.3, -0.25) is 19.2 Å². The molecule has 0 aliphatic rings. The summed E-state index contributed by atoms with van der Waals surface area (Å²) in [6, 6.07) is 0. The van der Waals surface area contributed by atoms with Crippen LogP contribution in [0, 0.1) is 17.8 Å². The number of ketones is 3. The zero-order valence-electron chi connectivity index (χ0n) is 26.4. The summed E-state index contributed by atoms with van der Waals surface area (Å²) in [6.07, 6.45) is 0.778. The van der Waals surface area contributed by atoms with Crippen molar-refractivity contribution in [3.8, 4) is 0 Å². The number of likely N-dealkylation sites (N-methyl/N-ethyl adjacent to an activating group) is 1. The lowest BCUT2D eigenvalue weighted by atomic mass is 10.00. The standard InChI is InChI=1S/C30H55NO8S/c1-22(2)26(32)10-13-37-19-30(20-38-14-11-27(33)23(3)4,21-39-15-12-28(34)24(5)6)31(9)29(35)18-36-16-17-40-25(7)8/h22-25H,10-21H2,1-9H3. The highest BCUT2D eigenvalue weighted by molar-refractivity contribution is 7.99. The van der Waals surface area contributed by atoms with Crippen molar-refractivity contribution >= 4 is 35.0 Å². The SMILES string of the molecule is CC(C)SCCOCC(=O)N(C)C(COCCC(=O)C(C)C)(COCCC(=O)C(C)C)COCCC(=O)C(C)C. The number of carbonyl (C=O) groups is 4. The second-order valence-corrected chi connectivity index (χ2v) is 13.1. The van der Waals surface area contributed by atoms with Crippen molar-refractivity contribution in [3.63, 3.8) is 0 Å². The van der Waals surface area contributed by atoms with E-state index in [1.54, 1.807) is 18.8 Å². The van der Waals surface area contributed by atoms with Gasteiger partial charge in [-0.2, -0.15) is 11.8 Å². The van der Waals surface area contributed by atoms with Crippen LogP contribution in [0.2, 0.25) is 0 Å². The van der Waals surface area contributed by atoms with Crippen LogP contribution in [0.1, 0.15) is 74.7 Å². The van der Waals surface area contributed by atoms with E-state index in [9.17, 15) is 19.2 Å². The Morgan fingerprint density at radius 3 is 1.32 bits per heavy atom. The molecule has 234 valence electrons. The van der Waals surface area contributed by atoms with Crippen LogP contribution in [0.25, 0.3) is 0 Å². The van der Waals surface area contributed by atoms with E-state index in [-0.39, 0.29) is 107 Å². The van der Waals surface area contributed by atoms with Crippen LogP contribution in [-0.4, -0.2) is 105 Å². The minimum absolute atomic E-state index is 0.0556. The minimum atomic E-state index is -1.05. The van der Waals surface area contributed by atoms with Crippen molar-refractivity contribution in [3.05, 3.63) is 0 Å². The molecule has 0 aromatic rings. The third-order valence-corrected chi connectivity index (χ3v) is 7.58. The van der Waals surface area contributed by atoms with Crippen LogP contribution in [0.3, 0.4) is 0 Å². The molecule has 0 aliphatic heterocycles. The smallest absolute Gasteiger partial charge is 0.249 e. The molecule has 0 N–H and O–H groups in total. The molecule has 0 bridgehead atoms. The lowest BCUT2D eigenvalue weighted by molar-refractivity contribution is -0.154. The van der Waals surface area contributed by atoms with Gasteiger partial charge in [0.1, 0.15) is 29.5 Å². The zero-order valence-corrected chi connectivity index (χ0v) is 27.2. The van der Waals surface area contributed by atoms with Crippen LogP contribution in [0.5, 0.6) is 0 Å². The number of hydrogen-bond donors (Lipinski definition) is 0. The average Bonchev–Trinajstić information content (AvgIpc) is 2.89. The molecule has 0 aliphatic carbocycles. The van der Waals surface area contributed by atoms with Crippen molar-refractivity contribution in [2.24, 2.45) is 17.8 Å². The molecule has 1 amide bonds. The summed E-state index contributed by atoms with van der Waals surface area (Å²) in [6.45, 7) is 16.4. The van der Waals surface area contributed by atoms with Crippen molar-refractivity contribution in [2.45, 2.75) is 85.4 Å². The van der Waals surface area contributed by atoms with E-state index in [1.165, 1.54) is 4.90 Å². The first-order valence-electron chi connectivity index (χ1n) is 14.5. The molecule has 0 heterocycles. The van der Waals surface area contributed by atoms with E-state index >= 15 is 0 Å². The summed E-state index contributed by atoms with van der Waals surface area (Å²) in [4.78, 5) is 51.1. The summed E-state index contributed by atoms with van der Waals surface area (Å²) < 4.78 is 23.5. The van der Waals surface area contributed by atoms with Gasteiger partial charge >= 0.3 is 0 Å². The van der Waals surface area contributed by atoms with E-state index in [4.69, 9.17) is 18.9 Å². The number of thioether (sulfide) groups is 1. The highest BCUT2D eigenvalue weighted by atomic mass is 32.2. The predicted octanol–water partition coefficient (Wildman–Crippen LogP) is 4.24. The Bertz CT molecular complexity index is 685. The van der Waals surface area contributed by atoms with Gasteiger partial charge in [-0.25, -0.2) is 0 Å². The Kier molecular flexibility index (Phi) is 20.7. The van der Waals surface area contributed by atoms with Crippen LogP contribution >= 0.6 is 11.8 Å². The fraction of sp³-hybridized carbons (Fsp3) is 0.867. The summed E-state index contributed by atoms with van der Waals surface area (Å²) >= 11 is 1.76. The summed E-state index contributed by atoms with van der Waals surface area (Å²) in [5.74, 6) is 0.526. The monoisotopic (exact) mass is 589 g/mol. The molecule has 0 saturated carbocycles. The zero-order chi connectivity index (χ0) is 30.7. The predicted molar refractivity (Wildman–Crippen MR) is 160 cm³/mol. The number of rotatable bonds is 25. The van der Waals surface area contributed by atoms with Crippen molar-refractivity contribution in [1.82, 2.24) is 4.90 Å². The topological polar surface area (TPSA) is 108 Å². The summed E-state index contributed by atoms with van der Waals surface area (Å²) in [5, 5.41) is 0.480. The number of hydrogen-bond acceptors (Lipinski definition) is 9. The Labute approximate surface area is 246 Å². The molecule has 0 fully saturated rings. The van der Waals surface area contributed by atoms with Gasteiger partial charge in [-0.1, -0.05) is 55.4 Å². The second kappa shape index (κ2) is 21.4. The highest BCUT2D eigenvalue weighted by Crippen LogP contribution is 2.19. The number of nitrogens with zero attached hydrogens (tertiary/aromatic N) is 1. The molecule has 0 aromatic heterocycles.